The van der Waals surface area contributed by atoms with E-state index < -0.39 is 48.0 Å². The number of carbonyl (C=O) groups is 5. The van der Waals surface area contributed by atoms with E-state index in [1.807, 2.05) is 30.3 Å². The van der Waals surface area contributed by atoms with Gasteiger partial charge in [0.2, 0.25) is 0 Å². The zero-order valence-corrected chi connectivity index (χ0v) is 16.8. The van der Waals surface area contributed by atoms with Crippen LogP contribution in [-0.2, 0) is 25.5 Å². The second-order valence-corrected chi connectivity index (χ2v) is 7.49. The number of hydrogen-bond acceptors (Lipinski definition) is 6. The largest absolute Gasteiger partial charge is 0.451 e. The lowest BCUT2D eigenvalue weighted by Crippen LogP contribution is -2.45. The highest BCUT2D eigenvalue weighted by Crippen LogP contribution is 2.23. The van der Waals surface area contributed by atoms with Crippen LogP contribution in [0.4, 0.5) is 9.59 Å². The van der Waals surface area contributed by atoms with Crippen molar-refractivity contribution in [3.05, 3.63) is 35.9 Å². The van der Waals surface area contributed by atoms with E-state index in [0.717, 1.165) is 15.4 Å². The van der Waals surface area contributed by atoms with Gasteiger partial charge < -0.3 is 15.4 Å². The molecule has 30 heavy (non-hydrogen) atoms. The third-order valence-corrected chi connectivity index (χ3v) is 5.17. The van der Waals surface area contributed by atoms with Gasteiger partial charge in [0, 0.05) is 13.1 Å². The number of hydrogen-bond donors (Lipinski definition) is 2. The van der Waals surface area contributed by atoms with Crippen molar-refractivity contribution in [2.24, 2.45) is 0 Å². The van der Waals surface area contributed by atoms with Gasteiger partial charge in [0.15, 0.2) is 6.10 Å². The molecule has 0 bridgehead atoms. The lowest BCUT2D eigenvalue weighted by molar-refractivity contribution is -0.159. The van der Waals surface area contributed by atoms with Gasteiger partial charge in [-0.05, 0) is 32.3 Å². The SMILES string of the molecule is C[C@H](OC(=O)CN1C(=O)N[C@@](C)(CCc2ccccc2)C1=O)C(=O)N1CCNC1=O. The van der Waals surface area contributed by atoms with E-state index in [0.29, 0.717) is 19.4 Å². The number of rotatable bonds is 7. The molecule has 2 aliphatic heterocycles. The predicted octanol–water partition coefficient (Wildman–Crippen LogP) is 0.413. The quantitative estimate of drug-likeness (QED) is 0.490. The molecule has 160 valence electrons. The molecule has 2 N–H and O–H groups in total. The second-order valence-electron chi connectivity index (χ2n) is 7.49. The average molecular weight is 416 g/mol. The van der Waals surface area contributed by atoms with Gasteiger partial charge in [0.05, 0.1) is 0 Å². The third kappa shape index (κ3) is 4.42. The zero-order valence-electron chi connectivity index (χ0n) is 16.8. The summed E-state index contributed by atoms with van der Waals surface area (Å²) in [5, 5.41) is 5.12. The first-order valence-electron chi connectivity index (χ1n) is 9.68. The van der Waals surface area contributed by atoms with Crippen molar-refractivity contribution in [1.82, 2.24) is 20.4 Å². The van der Waals surface area contributed by atoms with E-state index in [1.165, 1.54) is 6.92 Å². The predicted molar refractivity (Wildman–Crippen MR) is 104 cm³/mol. The van der Waals surface area contributed by atoms with Crippen molar-refractivity contribution in [3.8, 4) is 0 Å². The van der Waals surface area contributed by atoms with Crippen LogP contribution in [0.3, 0.4) is 0 Å². The molecule has 2 fully saturated rings. The molecule has 0 radical (unpaired) electrons. The van der Waals surface area contributed by atoms with Gasteiger partial charge in [-0.15, -0.1) is 0 Å². The minimum absolute atomic E-state index is 0.187. The van der Waals surface area contributed by atoms with Crippen LogP contribution in [-0.4, -0.2) is 70.9 Å². The summed E-state index contributed by atoms with van der Waals surface area (Å²) in [6, 6.07) is 8.30. The Bertz CT molecular complexity index is 873. The third-order valence-electron chi connectivity index (χ3n) is 5.17. The van der Waals surface area contributed by atoms with Gasteiger partial charge in [-0.3, -0.25) is 24.2 Å². The number of aryl methyl sites for hydroxylation is 1. The Morgan fingerprint density at radius 2 is 1.87 bits per heavy atom. The van der Waals surface area contributed by atoms with Crippen LogP contribution in [0.15, 0.2) is 30.3 Å². The lowest BCUT2D eigenvalue weighted by Gasteiger charge is -2.22. The lowest BCUT2D eigenvalue weighted by atomic mass is 9.93. The summed E-state index contributed by atoms with van der Waals surface area (Å²) in [6.45, 7) is 2.85. The van der Waals surface area contributed by atoms with Crippen molar-refractivity contribution < 1.29 is 28.7 Å². The van der Waals surface area contributed by atoms with Crippen molar-refractivity contribution in [1.29, 1.82) is 0 Å². The molecule has 6 amide bonds. The molecule has 2 atom stereocenters. The Morgan fingerprint density at radius 1 is 1.17 bits per heavy atom. The molecule has 10 nitrogen and oxygen atoms in total. The number of nitrogens with one attached hydrogen (secondary N) is 2. The van der Waals surface area contributed by atoms with Crippen LogP contribution < -0.4 is 10.6 Å². The summed E-state index contributed by atoms with van der Waals surface area (Å²) in [5.74, 6) is -2.10. The fourth-order valence-corrected chi connectivity index (χ4v) is 3.41. The minimum Gasteiger partial charge on any atom is -0.451 e. The smallest absolute Gasteiger partial charge is 0.327 e. The molecule has 2 aliphatic rings. The van der Waals surface area contributed by atoms with Crippen molar-refractivity contribution in [2.75, 3.05) is 19.6 Å². The van der Waals surface area contributed by atoms with E-state index in [4.69, 9.17) is 4.74 Å². The summed E-state index contributed by atoms with van der Waals surface area (Å²) >= 11 is 0. The van der Waals surface area contributed by atoms with Crippen LogP contribution in [0.25, 0.3) is 0 Å². The molecule has 0 spiro atoms. The Balaban J connectivity index is 1.56. The fraction of sp³-hybridized carbons (Fsp3) is 0.450. The van der Waals surface area contributed by atoms with E-state index in [1.54, 1.807) is 6.92 Å². The number of amides is 6. The van der Waals surface area contributed by atoms with E-state index >= 15 is 0 Å². The normalized spacial score (nSPS) is 22.0. The van der Waals surface area contributed by atoms with Crippen LogP contribution in [0.1, 0.15) is 25.8 Å². The van der Waals surface area contributed by atoms with Crippen molar-refractivity contribution >= 4 is 29.8 Å². The van der Waals surface area contributed by atoms with Crippen LogP contribution in [0.2, 0.25) is 0 Å². The van der Waals surface area contributed by atoms with Gasteiger partial charge in [0.1, 0.15) is 12.1 Å². The monoisotopic (exact) mass is 416 g/mol. The number of urea groups is 2. The maximum absolute atomic E-state index is 12.8. The van der Waals surface area contributed by atoms with E-state index in [9.17, 15) is 24.0 Å². The number of ether oxygens (including phenoxy) is 1. The van der Waals surface area contributed by atoms with Gasteiger partial charge in [-0.1, -0.05) is 30.3 Å². The fourth-order valence-electron chi connectivity index (χ4n) is 3.41. The Hall–Kier alpha value is -3.43. The molecular formula is C20H24N4O6. The molecule has 0 aliphatic carbocycles. The first kappa shape index (κ1) is 21.3. The minimum atomic E-state index is -1.22. The Labute approximate surface area is 173 Å². The van der Waals surface area contributed by atoms with Gasteiger partial charge in [-0.2, -0.15) is 0 Å². The Morgan fingerprint density at radius 3 is 2.50 bits per heavy atom. The molecule has 0 saturated carbocycles. The highest BCUT2D eigenvalue weighted by atomic mass is 16.5. The van der Waals surface area contributed by atoms with Crippen molar-refractivity contribution in [3.63, 3.8) is 0 Å². The van der Waals surface area contributed by atoms with Crippen molar-refractivity contribution in [2.45, 2.75) is 38.3 Å². The summed E-state index contributed by atoms with van der Waals surface area (Å²) in [6.07, 6.45) is -0.274. The molecule has 2 heterocycles. The van der Waals surface area contributed by atoms with Gasteiger partial charge in [-0.25, -0.2) is 9.59 Å². The molecule has 10 heteroatoms. The number of esters is 1. The standard InChI is InChI=1S/C20H24N4O6/c1-13(16(26)23-11-10-21-18(23)28)30-15(25)12-24-17(27)20(2,22-19(24)29)9-8-14-6-4-3-5-7-14/h3-7,13H,8-12H2,1-2H3,(H,21,28)(H,22,29)/t13-,20-/m0/s1. The molecule has 0 aromatic heterocycles. The molecule has 0 unspecified atom stereocenters. The number of carbonyl (C=O) groups excluding carboxylic acids is 5. The maximum atomic E-state index is 12.8. The highest BCUT2D eigenvalue weighted by molar-refractivity contribution is 6.08. The number of benzene rings is 1. The maximum Gasteiger partial charge on any atom is 0.327 e. The molecule has 2 saturated heterocycles. The Kier molecular flexibility index (Phi) is 6.04. The molecule has 3 rings (SSSR count). The molecule has 1 aromatic carbocycles. The van der Waals surface area contributed by atoms with Crippen LogP contribution >= 0.6 is 0 Å². The second kappa shape index (κ2) is 8.52. The van der Waals surface area contributed by atoms with Gasteiger partial charge in [0.25, 0.3) is 11.8 Å². The highest BCUT2D eigenvalue weighted by Gasteiger charge is 2.48. The van der Waals surface area contributed by atoms with Crippen LogP contribution in [0.5, 0.6) is 0 Å². The topological polar surface area (TPSA) is 125 Å². The molecule has 1 aromatic rings. The average Bonchev–Trinajstić information content (AvgIpc) is 3.23. The number of nitrogens with zero attached hydrogens (tertiary/aromatic N) is 2. The number of imide groups is 2. The van der Waals surface area contributed by atoms with Crippen LogP contribution in [0, 0.1) is 0 Å². The first-order chi connectivity index (χ1) is 14.2. The summed E-state index contributed by atoms with van der Waals surface area (Å²) in [5.41, 5.74) is -0.112. The summed E-state index contributed by atoms with van der Waals surface area (Å²) < 4.78 is 5.04. The molecular weight excluding hydrogens is 392 g/mol. The zero-order chi connectivity index (χ0) is 21.9. The van der Waals surface area contributed by atoms with E-state index in [2.05, 4.69) is 10.6 Å². The van der Waals surface area contributed by atoms with Gasteiger partial charge >= 0.3 is 18.0 Å². The van der Waals surface area contributed by atoms with E-state index in [-0.39, 0.29) is 6.54 Å². The summed E-state index contributed by atoms with van der Waals surface area (Å²) in [4.78, 5) is 62.8. The first-order valence-corrected chi connectivity index (χ1v) is 9.68. The summed E-state index contributed by atoms with van der Waals surface area (Å²) in [7, 11) is 0.